The second-order valence-corrected chi connectivity index (χ2v) is 3.26. The van der Waals surface area contributed by atoms with E-state index in [4.69, 9.17) is 10.4 Å². The predicted octanol–water partition coefficient (Wildman–Crippen LogP) is -0.169. The number of hydrogen-bond donors (Lipinski definition) is 1. The van der Waals surface area contributed by atoms with Gasteiger partial charge in [-0.05, 0) is 6.92 Å². The Hall–Kier alpha value is -1.15. The Labute approximate surface area is 75.6 Å². The first-order valence-corrected chi connectivity index (χ1v) is 4.05. The van der Waals surface area contributed by atoms with Crippen molar-refractivity contribution < 1.29 is 14.3 Å². The van der Waals surface area contributed by atoms with Gasteiger partial charge in [0.2, 0.25) is 5.67 Å². The van der Waals surface area contributed by atoms with Crippen molar-refractivity contribution in [2.45, 2.75) is 25.1 Å². The van der Waals surface area contributed by atoms with E-state index in [-0.39, 0.29) is 19.5 Å². The summed E-state index contributed by atoms with van der Waals surface area (Å²) < 4.78 is 13.3. The summed E-state index contributed by atoms with van der Waals surface area (Å²) in [7, 11) is 0. The maximum atomic E-state index is 13.3. The van der Waals surface area contributed by atoms with E-state index >= 15 is 0 Å². The lowest BCUT2D eigenvalue weighted by molar-refractivity contribution is -0.138. The lowest BCUT2D eigenvalue weighted by Gasteiger charge is -2.17. The highest BCUT2D eigenvalue weighted by molar-refractivity contribution is 5.80. The molecule has 1 rings (SSSR count). The van der Waals surface area contributed by atoms with E-state index in [1.807, 2.05) is 0 Å². The minimum Gasteiger partial charge on any atom is -0.384 e. The molecule has 0 aliphatic carbocycles. The number of carbonyl (C=O) groups excluding carboxylic acids is 1. The zero-order chi connectivity index (χ0) is 10.1. The maximum Gasteiger partial charge on any atom is 0.251 e. The molecule has 72 valence electrons. The molecule has 0 spiro atoms. The molecule has 1 heterocycles. The fourth-order valence-electron chi connectivity index (χ4n) is 1.32. The molecule has 5 heteroatoms. The number of alkyl halides is 1. The van der Waals surface area contributed by atoms with Crippen LogP contribution < -0.4 is 0 Å². The standard InChI is InChI=1S/C8H11FN2O2/c1-6(12)7(13)11-3-2-8(9,4-10)5-11/h6,12H,2-3,5H2,1H3/t6-,8?/m1/s1. The molecule has 1 saturated heterocycles. The lowest BCUT2D eigenvalue weighted by atomic mass is 10.1. The number of aliphatic hydroxyl groups excluding tert-OH is 1. The summed E-state index contributed by atoms with van der Waals surface area (Å²) in [6, 6.07) is 1.52. The van der Waals surface area contributed by atoms with Crippen LogP contribution in [0.25, 0.3) is 0 Å². The van der Waals surface area contributed by atoms with Gasteiger partial charge in [-0.3, -0.25) is 4.79 Å². The van der Waals surface area contributed by atoms with Gasteiger partial charge in [0.05, 0.1) is 6.54 Å². The van der Waals surface area contributed by atoms with Crippen molar-refractivity contribution >= 4 is 5.91 Å². The van der Waals surface area contributed by atoms with Gasteiger partial charge in [-0.25, -0.2) is 4.39 Å². The van der Waals surface area contributed by atoms with Gasteiger partial charge in [0.1, 0.15) is 12.2 Å². The van der Waals surface area contributed by atoms with Crippen LogP contribution >= 0.6 is 0 Å². The Morgan fingerprint density at radius 2 is 2.46 bits per heavy atom. The monoisotopic (exact) mass is 186 g/mol. The first-order chi connectivity index (χ1) is 5.98. The van der Waals surface area contributed by atoms with Crippen molar-refractivity contribution in [2.24, 2.45) is 0 Å². The third kappa shape index (κ3) is 1.95. The van der Waals surface area contributed by atoms with Crippen LogP contribution in [0.5, 0.6) is 0 Å². The second-order valence-electron chi connectivity index (χ2n) is 3.26. The fourth-order valence-corrected chi connectivity index (χ4v) is 1.32. The van der Waals surface area contributed by atoms with E-state index in [9.17, 15) is 9.18 Å². The summed E-state index contributed by atoms with van der Waals surface area (Å²) in [5.41, 5.74) is -1.93. The second kappa shape index (κ2) is 3.30. The minimum absolute atomic E-state index is 0.0297. The number of rotatable bonds is 1. The summed E-state index contributed by atoms with van der Waals surface area (Å²) in [5.74, 6) is -0.519. The molecule has 1 fully saturated rings. The SMILES string of the molecule is C[C@@H](O)C(=O)N1CCC(F)(C#N)C1. The van der Waals surface area contributed by atoms with Gasteiger partial charge in [0.25, 0.3) is 5.91 Å². The van der Waals surface area contributed by atoms with Crippen LogP contribution in [0.3, 0.4) is 0 Å². The molecule has 1 aliphatic rings. The summed E-state index contributed by atoms with van der Waals surface area (Å²) in [6.07, 6.45) is -1.09. The van der Waals surface area contributed by atoms with E-state index in [1.165, 1.54) is 17.9 Å². The molecule has 0 aromatic rings. The Balaban J connectivity index is 2.61. The largest absolute Gasteiger partial charge is 0.384 e. The molecule has 0 saturated carbocycles. The number of halogens is 1. The van der Waals surface area contributed by atoms with E-state index in [1.54, 1.807) is 0 Å². The molecule has 0 aromatic heterocycles. The molecule has 4 nitrogen and oxygen atoms in total. The summed E-state index contributed by atoms with van der Waals surface area (Å²) in [4.78, 5) is 12.3. The first-order valence-electron chi connectivity index (χ1n) is 4.05. The highest BCUT2D eigenvalue weighted by atomic mass is 19.1. The maximum absolute atomic E-state index is 13.3. The van der Waals surface area contributed by atoms with Gasteiger partial charge in [0, 0.05) is 13.0 Å². The van der Waals surface area contributed by atoms with Crippen molar-refractivity contribution in [1.82, 2.24) is 4.90 Å². The number of aliphatic hydroxyl groups is 1. The third-order valence-corrected chi connectivity index (χ3v) is 2.09. The Morgan fingerprint density at radius 1 is 1.85 bits per heavy atom. The molecule has 13 heavy (non-hydrogen) atoms. The molecule has 1 N–H and O–H groups in total. The molecule has 1 aliphatic heterocycles. The molecular formula is C8H11FN2O2. The molecule has 0 radical (unpaired) electrons. The summed E-state index contributed by atoms with van der Waals surface area (Å²) >= 11 is 0. The number of hydrogen-bond acceptors (Lipinski definition) is 3. The topological polar surface area (TPSA) is 64.3 Å². The molecule has 0 aromatic carbocycles. The molecule has 1 amide bonds. The molecule has 0 bridgehead atoms. The van der Waals surface area contributed by atoms with Crippen molar-refractivity contribution in [2.75, 3.05) is 13.1 Å². The average Bonchev–Trinajstić information content (AvgIpc) is 2.47. The van der Waals surface area contributed by atoms with Crippen molar-refractivity contribution in [1.29, 1.82) is 5.26 Å². The number of carbonyl (C=O) groups is 1. The van der Waals surface area contributed by atoms with Gasteiger partial charge in [-0.2, -0.15) is 5.26 Å². The number of likely N-dealkylation sites (tertiary alicyclic amines) is 1. The van der Waals surface area contributed by atoms with Crippen molar-refractivity contribution in [3.63, 3.8) is 0 Å². The summed E-state index contributed by atoms with van der Waals surface area (Å²) in [6.45, 7) is 1.30. The van der Waals surface area contributed by atoms with Crippen LogP contribution in [0, 0.1) is 11.3 Å². The van der Waals surface area contributed by atoms with Gasteiger partial charge in [0.15, 0.2) is 0 Å². The van der Waals surface area contributed by atoms with Gasteiger partial charge < -0.3 is 10.0 Å². The van der Waals surface area contributed by atoms with E-state index in [0.29, 0.717) is 0 Å². The van der Waals surface area contributed by atoms with Crippen LogP contribution in [0.4, 0.5) is 4.39 Å². The van der Waals surface area contributed by atoms with Gasteiger partial charge >= 0.3 is 0 Å². The fraction of sp³-hybridized carbons (Fsp3) is 0.750. The van der Waals surface area contributed by atoms with Crippen molar-refractivity contribution in [3.05, 3.63) is 0 Å². The van der Waals surface area contributed by atoms with Crippen LogP contribution in [-0.4, -0.2) is 40.8 Å². The zero-order valence-corrected chi connectivity index (χ0v) is 7.33. The van der Waals surface area contributed by atoms with E-state index in [0.717, 1.165) is 0 Å². The molecular weight excluding hydrogens is 175 g/mol. The van der Waals surface area contributed by atoms with E-state index in [2.05, 4.69) is 0 Å². The molecule has 1 unspecified atom stereocenters. The van der Waals surface area contributed by atoms with Crippen LogP contribution in [0.2, 0.25) is 0 Å². The normalized spacial score (nSPS) is 29.8. The van der Waals surface area contributed by atoms with E-state index < -0.39 is 17.7 Å². The Morgan fingerprint density at radius 3 is 2.85 bits per heavy atom. The lowest BCUT2D eigenvalue weighted by Crippen LogP contribution is -2.38. The average molecular weight is 186 g/mol. The number of nitrogens with zero attached hydrogens (tertiary/aromatic N) is 2. The smallest absolute Gasteiger partial charge is 0.251 e. The summed E-state index contributed by atoms with van der Waals surface area (Å²) in [5, 5.41) is 17.4. The molecule has 2 atom stereocenters. The first kappa shape index (κ1) is 9.93. The predicted molar refractivity (Wildman–Crippen MR) is 42.3 cm³/mol. The Bertz CT molecular complexity index is 261. The Kier molecular flexibility index (Phi) is 2.52. The highest BCUT2D eigenvalue weighted by Gasteiger charge is 2.41. The van der Waals surface area contributed by atoms with Gasteiger partial charge in [-0.1, -0.05) is 0 Å². The van der Waals surface area contributed by atoms with Crippen LogP contribution in [0.1, 0.15) is 13.3 Å². The van der Waals surface area contributed by atoms with Crippen molar-refractivity contribution in [3.8, 4) is 6.07 Å². The number of nitriles is 1. The van der Waals surface area contributed by atoms with Gasteiger partial charge in [-0.15, -0.1) is 0 Å². The minimum atomic E-state index is -1.93. The zero-order valence-electron chi connectivity index (χ0n) is 7.33. The quantitative estimate of drug-likeness (QED) is 0.618. The highest BCUT2D eigenvalue weighted by Crippen LogP contribution is 2.24. The third-order valence-electron chi connectivity index (χ3n) is 2.09. The van der Waals surface area contributed by atoms with Crippen LogP contribution in [0.15, 0.2) is 0 Å². The number of amides is 1. The van der Waals surface area contributed by atoms with Crippen LogP contribution in [-0.2, 0) is 4.79 Å².